The molecule has 4 aromatic carbocycles. The van der Waals surface area contributed by atoms with Gasteiger partial charge in [-0.25, -0.2) is 0 Å². The molecule has 6 heteroatoms. The Kier molecular flexibility index (Phi) is 3.55. The Morgan fingerprint density at radius 2 is 1.25 bits per heavy atom. The summed E-state index contributed by atoms with van der Waals surface area (Å²) in [6.45, 7) is 0. The van der Waals surface area contributed by atoms with E-state index in [4.69, 9.17) is 0 Å². The molecule has 0 heterocycles. The Bertz CT molecular complexity index is 1080. The van der Waals surface area contributed by atoms with Gasteiger partial charge in [0, 0.05) is 0 Å². The van der Waals surface area contributed by atoms with Crippen LogP contribution < -0.4 is 10.9 Å². The topological polar surface area (TPSA) is 80.9 Å². The lowest BCUT2D eigenvalue weighted by Crippen LogP contribution is -2.32. The largest absolute Gasteiger partial charge is 0.489 e. The van der Waals surface area contributed by atoms with E-state index in [9.17, 15) is 20.1 Å². The zero-order chi connectivity index (χ0) is 16.8. The van der Waals surface area contributed by atoms with Crippen LogP contribution in [0.2, 0.25) is 0 Å². The van der Waals surface area contributed by atoms with E-state index >= 15 is 0 Å². The second-order valence-electron chi connectivity index (χ2n) is 5.86. The molecule has 0 bridgehead atoms. The molecule has 0 amide bonds. The van der Waals surface area contributed by atoms with Crippen molar-refractivity contribution in [1.82, 2.24) is 0 Å². The third-order valence-electron chi connectivity index (χ3n) is 4.51. The molecular weight excluding hydrogens is 302 g/mol. The normalized spacial score (nSPS) is 11.3. The predicted octanol–water partition coefficient (Wildman–Crippen LogP) is 0.506. The van der Waals surface area contributed by atoms with Crippen molar-refractivity contribution in [2.45, 2.75) is 0 Å². The molecule has 116 valence electrons. The molecule has 4 nitrogen and oxygen atoms in total. The summed E-state index contributed by atoms with van der Waals surface area (Å²) < 4.78 is 0. The Hall–Kier alpha value is -2.37. The van der Waals surface area contributed by atoms with E-state index < -0.39 is 14.2 Å². The van der Waals surface area contributed by atoms with E-state index in [1.807, 2.05) is 36.4 Å². The van der Waals surface area contributed by atoms with Crippen LogP contribution in [0.1, 0.15) is 0 Å². The Labute approximate surface area is 138 Å². The van der Waals surface area contributed by atoms with Gasteiger partial charge in [0.1, 0.15) is 0 Å². The molecule has 0 radical (unpaired) electrons. The zero-order valence-corrected chi connectivity index (χ0v) is 12.7. The molecule has 0 saturated carbocycles. The van der Waals surface area contributed by atoms with Crippen LogP contribution in [-0.2, 0) is 0 Å². The molecule has 0 unspecified atom stereocenters. The molecule has 0 aliphatic rings. The molecular formula is C18H14B2O4. The highest BCUT2D eigenvalue weighted by molar-refractivity contribution is 6.66. The van der Waals surface area contributed by atoms with Gasteiger partial charge < -0.3 is 20.1 Å². The predicted molar refractivity (Wildman–Crippen MR) is 98.6 cm³/mol. The minimum absolute atomic E-state index is 0.425. The van der Waals surface area contributed by atoms with Crippen LogP contribution in [0.25, 0.3) is 32.3 Å². The van der Waals surface area contributed by atoms with Gasteiger partial charge in [-0.2, -0.15) is 0 Å². The maximum absolute atomic E-state index is 9.91. The smallest absolute Gasteiger partial charge is 0.423 e. The highest BCUT2D eigenvalue weighted by atomic mass is 16.4. The van der Waals surface area contributed by atoms with Gasteiger partial charge in [-0.05, 0) is 49.3 Å². The Balaban J connectivity index is 2.23. The maximum atomic E-state index is 9.91. The van der Waals surface area contributed by atoms with E-state index in [1.165, 1.54) is 0 Å². The minimum Gasteiger partial charge on any atom is -0.423 e. The van der Waals surface area contributed by atoms with Crippen LogP contribution in [0.4, 0.5) is 0 Å². The summed E-state index contributed by atoms with van der Waals surface area (Å²) in [6.07, 6.45) is 0. The van der Waals surface area contributed by atoms with Crippen LogP contribution in [0, 0.1) is 0 Å². The molecule has 4 aromatic rings. The SMILES string of the molecule is OB(O)c1cccc2c1ccc1c(B(O)O)c3ccccc3cc12. The molecule has 4 rings (SSSR count). The van der Waals surface area contributed by atoms with E-state index in [0.717, 1.165) is 32.3 Å². The number of fused-ring (bicyclic) bond motifs is 4. The molecule has 0 aliphatic heterocycles. The lowest BCUT2D eigenvalue weighted by Gasteiger charge is -2.14. The van der Waals surface area contributed by atoms with Gasteiger partial charge >= 0.3 is 14.2 Å². The van der Waals surface area contributed by atoms with E-state index in [0.29, 0.717) is 10.9 Å². The summed E-state index contributed by atoms with van der Waals surface area (Å²) in [6, 6.07) is 18.4. The first-order valence-electron chi connectivity index (χ1n) is 7.67. The molecule has 0 saturated heterocycles. The highest BCUT2D eigenvalue weighted by Crippen LogP contribution is 2.28. The van der Waals surface area contributed by atoms with Gasteiger partial charge in [-0.3, -0.25) is 0 Å². The van der Waals surface area contributed by atoms with E-state index in [1.54, 1.807) is 24.3 Å². The van der Waals surface area contributed by atoms with Crippen molar-refractivity contribution in [2.75, 3.05) is 0 Å². The highest BCUT2D eigenvalue weighted by Gasteiger charge is 2.21. The van der Waals surface area contributed by atoms with Crippen molar-refractivity contribution >= 4 is 57.5 Å². The zero-order valence-electron chi connectivity index (χ0n) is 12.7. The van der Waals surface area contributed by atoms with Crippen molar-refractivity contribution in [3.8, 4) is 0 Å². The molecule has 24 heavy (non-hydrogen) atoms. The van der Waals surface area contributed by atoms with Gasteiger partial charge in [0.15, 0.2) is 0 Å². The first-order chi connectivity index (χ1) is 11.6. The van der Waals surface area contributed by atoms with Crippen LogP contribution in [0.3, 0.4) is 0 Å². The fourth-order valence-corrected chi connectivity index (χ4v) is 3.47. The monoisotopic (exact) mass is 316 g/mol. The summed E-state index contributed by atoms with van der Waals surface area (Å²) >= 11 is 0. The molecule has 0 fully saturated rings. The van der Waals surface area contributed by atoms with Crippen molar-refractivity contribution in [3.63, 3.8) is 0 Å². The summed E-state index contributed by atoms with van der Waals surface area (Å²) in [5.41, 5.74) is 0.883. The maximum Gasteiger partial charge on any atom is 0.489 e. The van der Waals surface area contributed by atoms with Gasteiger partial charge in [0.2, 0.25) is 0 Å². The van der Waals surface area contributed by atoms with Crippen LogP contribution in [-0.4, -0.2) is 34.3 Å². The summed E-state index contributed by atoms with van der Waals surface area (Å²) in [7, 11) is -3.16. The number of rotatable bonds is 2. The van der Waals surface area contributed by atoms with Crippen LogP contribution in [0.15, 0.2) is 60.7 Å². The first kappa shape index (κ1) is 15.2. The third-order valence-corrected chi connectivity index (χ3v) is 4.51. The number of benzene rings is 4. The van der Waals surface area contributed by atoms with Gasteiger partial charge in [-0.1, -0.05) is 54.6 Å². The third kappa shape index (κ3) is 2.20. The first-order valence-corrected chi connectivity index (χ1v) is 7.67. The molecule has 0 atom stereocenters. The molecule has 0 aliphatic carbocycles. The molecule has 0 aromatic heterocycles. The summed E-state index contributed by atoms with van der Waals surface area (Å²) in [5, 5.41) is 43.8. The van der Waals surface area contributed by atoms with Crippen molar-refractivity contribution < 1.29 is 20.1 Å². The summed E-state index contributed by atoms with van der Waals surface area (Å²) in [5.74, 6) is 0. The van der Waals surface area contributed by atoms with Crippen LogP contribution in [0.5, 0.6) is 0 Å². The lowest BCUT2D eigenvalue weighted by atomic mass is 9.72. The van der Waals surface area contributed by atoms with E-state index in [2.05, 4.69) is 0 Å². The van der Waals surface area contributed by atoms with Crippen molar-refractivity contribution in [2.24, 2.45) is 0 Å². The second-order valence-corrected chi connectivity index (χ2v) is 5.86. The Morgan fingerprint density at radius 1 is 0.542 bits per heavy atom. The standard InChI is InChI=1S/C18H14B2O4/c21-19(22)17-7-3-6-13-14(17)8-9-15-16(13)10-11-4-1-2-5-12(11)18(15)20(23)24/h1-10,21-24H. The second kappa shape index (κ2) is 5.61. The summed E-state index contributed by atoms with van der Waals surface area (Å²) in [4.78, 5) is 0. The quantitative estimate of drug-likeness (QED) is 0.247. The average molecular weight is 316 g/mol. The van der Waals surface area contributed by atoms with Gasteiger partial charge in [-0.15, -0.1) is 0 Å². The van der Waals surface area contributed by atoms with E-state index in [-0.39, 0.29) is 0 Å². The lowest BCUT2D eigenvalue weighted by molar-refractivity contribution is 0.425. The van der Waals surface area contributed by atoms with Gasteiger partial charge in [0.25, 0.3) is 0 Å². The molecule has 4 N–H and O–H groups in total. The van der Waals surface area contributed by atoms with Gasteiger partial charge in [0.05, 0.1) is 0 Å². The molecule has 0 spiro atoms. The fraction of sp³-hybridized carbons (Fsp3) is 0. The van der Waals surface area contributed by atoms with Crippen LogP contribution >= 0.6 is 0 Å². The number of hydrogen-bond donors (Lipinski definition) is 4. The van der Waals surface area contributed by atoms with Crippen molar-refractivity contribution in [3.05, 3.63) is 60.7 Å². The Morgan fingerprint density at radius 3 is 2.00 bits per heavy atom. The fourth-order valence-electron chi connectivity index (χ4n) is 3.47. The number of hydrogen-bond acceptors (Lipinski definition) is 4. The van der Waals surface area contributed by atoms with Crippen molar-refractivity contribution in [1.29, 1.82) is 0 Å². The average Bonchev–Trinajstić information content (AvgIpc) is 2.58. The minimum atomic E-state index is -1.59.